The molecule has 42 heavy (non-hydrogen) atoms. The summed E-state index contributed by atoms with van der Waals surface area (Å²) in [6, 6.07) is 18.9. The van der Waals surface area contributed by atoms with E-state index in [4.69, 9.17) is 30.8 Å². The lowest BCUT2D eigenvalue weighted by atomic mass is 9.91. The Labute approximate surface area is 253 Å². The third kappa shape index (κ3) is 5.97. The van der Waals surface area contributed by atoms with Crippen molar-refractivity contribution in [2.75, 3.05) is 14.2 Å². The van der Waals surface area contributed by atoms with Gasteiger partial charge in [0.1, 0.15) is 5.01 Å². The molecule has 5 rings (SSSR count). The third-order valence-corrected chi connectivity index (χ3v) is 8.09. The summed E-state index contributed by atoms with van der Waals surface area (Å²) in [6.07, 6.45) is 0.574. The van der Waals surface area contributed by atoms with Gasteiger partial charge in [-0.2, -0.15) is 0 Å². The van der Waals surface area contributed by atoms with Gasteiger partial charge in [0.15, 0.2) is 17.6 Å². The van der Waals surface area contributed by atoms with Crippen LogP contribution in [0.25, 0.3) is 43.2 Å². The highest BCUT2D eigenvalue weighted by molar-refractivity contribution is 7.22. The minimum atomic E-state index is -1.18. The summed E-state index contributed by atoms with van der Waals surface area (Å²) in [7, 11) is 3.20. The van der Waals surface area contributed by atoms with Crippen molar-refractivity contribution in [1.29, 1.82) is 0 Å². The summed E-state index contributed by atoms with van der Waals surface area (Å²) in [4.78, 5) is 22.2. The van der Waals surface area contributed by atoms with Crippen LogP contribution in [0.4, 0.5) is 0 Å². The fourth-order valence-electron chi connectivity index (χ4n) is 4.88. The molecule has 7 nitrogen and oxygen atoms in total. The van der Waals surface area contributed by atoms with Crippen LogP contribution in [0, 0.1) is 6.92 Å². The highest BCUT2D eigenvalue weighted by Gasteiger charge is 2.32. The molecule has 0 aliphatic carbocycles. The molecule has 0 bridgehead atoms. The summed E-state index contributed by atoms with van der Waals surface area (Å²) in [6.45, 7) is 7.45. The summed E-state index contributed by atoms with van der Waals surface area (Å²) >= 11 is 7.72. The van der Waals surface area contributed by atoms with Gasteiger partial charge in [-0.25, -0.2) is 9.78 Å². The topological polar surface area (TPSA) is 90.8 Å². The Hall–Kier alpha value is -3.98. The monoisotopic (exact) mass is 602 g/mol. The molecule has 0 radical (unpaired) electrons. The lowest BCUT2D eigenvalue weighted by Crippen LogP contribution is -2.28. The molecular weight excluding hydrogens is 572 g/mol. The second kappa shape index (κ2) is 11.7. The van der Waals surface area contributed by atoms with Crippen LogP contribution in [0.3, 0.4) is 0 Å². The number of fused-ring (bicyclic) bond motifs is 1. The fraction of sp³-hybridized carbons (Fsp3) is 0.242. The Morgan fingerprint density at radius 1 is 0.929 bits per heavy atom. The number of carboxylic acid groups (broad SMARTS) is 1. The molecule has 0 fully saturated rings. The first-order valence-corrected chi connectivity index (χ1v) is 14.5. The Bertz CT molecular complexity index is 1780. The van der Waals surface area contributed by atoms with E-state index in [1.165, 1.54) is 11.3 Å². The van der Waals surface area contributed by atoms with Gasteiger partial charge in [0, 0.05) is 33.5 Å². The van der Waals surface area contributed by atoms with Gasteiger partial charge in [-0.05, 0) is 87.4 Å². The molecule has 1 unspecified atom stereocenters. The van der Waals surface area contributed by atoms with Crippen molar-refractivity contribution in [2.24, 2.45) is 0 Å². The molecule has 2 aromatic heterocycles. The molecule has 0 amide bonds. The Balaban J connectivity index is 1.70. The molecule has 2 heterocycles. The lowest BCUT2D eigenvalue weighted by molar-refractivity contribution is -0.160. The minimum absolute atomic E-state index is 0.592. The number of aliphatic carboxylic acids is 1. The van der Waals surface area contributed by atoms with E-state index in [1.54, 1.807) is 32.5 Å². The number of nitrogens with zero attached hydrogens (tertiary/aromatic N) is 2. The van der Waals surface area contributed by atoms with Crippen LogP contribution in [-0.2, 0) is 9.53 Å². The first-order valence-electron chi connectivity index (χ1n) is 13.3. The van der Waals surface area contributed by atoms with Crippen LogP contribution in [0.1, 0.15) is 38.0 Å². The maximum atomic E-state index is 12.6. The fourth-order valence-corrected chi connectivity index (χ4v) is 6.13. The van der Waals surface area contributed by atoms with E-state index in [0.717, 1.165) is 48.7 Å². The number of carbonyl (C=O) groups is 1. The van der Waals surface area contributed by atoms with Crippen molar-refractivity contribution in [3.05, 3.63) is 83.0 Å². The zero-order chi connectivity index (χ0) is 30.2. The maximum Gasteiger partial charge on any atom is 0.337 e. The van der Waals surface area contributed by atoms with Crippen molar-refractivity contribution in [3.8, 4) is 44.5 Å². The number of thiazole rings is 1. The number of carboxylic acids is 1. The molecule has 1 atom stereocenters. The van der Waals surface area contributed by atoms with Gasteiger partial charge in [0.2, 0.25) is 0 Å². The Kier molecular flexibility index (Phi) is 8.23. The molecule has 0 aliphatic rings. The standard InChI is InChI=1S/C33H31ClN2O5S/c1-18-15-24-30(28(19-7-10-22(34)11-8-19)27(18)29(32(37)38)41-33(2,3)4)42-31(36-24)21-13-14-35-23(16-21)20-9-12-25(39-5)26(17-20)40-6/h7-17,29H,1-6H3,(H,37,38). The molecule has 0 saturated carbocycles. The van der Waals surface area contributed by atoms with Crippen LogP contribution in [0.5, 0.6) is 11.5 Å². The van der Waals surface area contributed by atoms with Crippen molar-refractivity contribution in [2.45, 2.75) is 39.4 Å². The average Bonchev–Trinajstić information content (AvgIpc) is 3.38. The maximum absolute atomic E-state index is 12.6. The number of ether oxygens (including phenoxy) is 3. The second-order valence-electron chi connectivity index (χ2n) is 10.8. The Morgan fingerprint density at radius 3 is 2.26 bits per heavy atom. The van der Waals surface area contributed by atoms with E-state index in [0.29, 0.717) is 22.1 Å². The zero-order valence-corrected chi connectivity index (χ0v) is 25.8. The minimum Gasteiger partial charge on any atom is -0.493 e. The normalized spacial score (nSPS) is 12.4. The third-order valence-electron chi connectivity index (χ3n) is 6.70. The van der Waals surface area contributed by atoms with Gasteiger partial charge >= 0.3 is 5.97 Å². The summed E-state index contributed by atoms with van der Waals surface area (Å²) in [5.74, 6) is 0.198. The number of hydrogen-bond donors (Lipinski definition) is 1. The van der Waals surface area contributed by atoms with Crippen LogP contribution >= 0.6 is 22.9 Å². The molecule has 0 spiro atoms. The predicted octanol–water partition coefficient (Wildman–Crippen LogP) is 8.61. The van der Waals surface area contributed by atoms with Gasteiger partial charge in [-0.15, -0.1) is 11.3 Å². The SMILES string of the molecule is COc1ccc(-c2cc(-c3nc4cc(C)c(C(OC(C)(C)C)C(=O)O)c(-c5ccc(Cl)cc5)c4s3)ccn2)cc1OC. The number of methoxy groups -OCH3 is 2. The predicted molar refractivity (Wildman–Crippen MR) is 168 cm³/mol. The Morgan fingerprint density at radius 2 is 1.62 bits per heavy atom. The molecule has 216 valence electrons. The van der Waals surface area contributed by atoms with E-state index in [9.17, 15) is 9.90 Å². The number of benzene rings is 3. The summed E-state index contributed by atoms with van der Waals surface area (Å²) < 4.78 is 17.8. The van der Waals surface area contributed by atoms with Crippen LogP contribution < -0.4 is 9.47 Å². The van der Waals surface area contributed by atoms with Gasteiger partial charge < -0.3 is 19.3 Å². The average molecular weight is 603 g/mol. The number of rotatable bonds is 8. The molecule has 0 aliphatic heterocycles. The lowest BCUT2D eigenvalue weighted by Gasteiger charge is -2.28. The molecule has 0 saturated heterocycles. The first-order chi connectivity index (χ1) is 20.0. The number of aromatic nitrogens is 2. The smallest absolute Gasteiger partial charge is 0.337 e. The highest BCUT2D eigenvalue weighted by atomic mass is 35.5. The van der Waals surface area contributed by atoms with Gasteiger partial charge in [0.25, 0.3) is 0 Å². The molecule has 3 aromatic carbocycles. The molecule has 9 heteroatoms. The first kappa shape index (κ1) is 29.5. The second-order valence-corrected chi connectivity index (χ2v) is 12.2. The quantitative estimate of drug-likeness (QED) is 0.190. The van der Waals surface area contributed by atoms with Gasteiger partial charge in [0.05, 0.1) is 35.7 Å². The van der Waals surface area contributed by atoms with Crippen LogP contribution in [0.15, 0.2) is 66.9 Å². The molecular formula is C33H31ClN2O5S. The van der Waals surface area contributed by atoms with E-state index in [2.05, 4.69) is 4.98 Å². The van der Waals surface area contributed by atoms with Crippen molar-refractivity contribution < 1.29 is 24.1 Å². The van der Waals surface area contributed by atoms with E-state index in [1.807, 2.05) is 76.2 Å². The van der Waals surface area contributed by atoms with Crippen LogP contribution in [0.2, 0.25) is 5.02 Å². The van der Waals surface area contributed by atoms with E-state index in [-0.39, 0.29) is 0 Å². The van der Waals surface area contributed by atoms with Gasteiger partial charge in [-0.1, -0.05) is 23.7 Å². The number of hydrogen-bond acceptors (Lipinski definition) is 7. The summed E-state index contributed by atoms with van der Waals surface area (Å²) in [5.41, 5.74) is 5.59. The summed E-state index contributed by atoms with van der Waals surface area (Å²) in [5, 5.41) is 11.7. The van der Waals surface area contributed by atoms with Gasteiger partial charge in [-0.3, -0.25) is 4.98 Å². The van der Waals surface area contributed by atoms with Crippen molar-refractivity contribution >= 4 is 39.1 Å². The zero-order valence-electron chi connectivity index (χ0n) is 24.2. The largest absolute Gasteiger partial charge is 0.493 e. The van der Waals surface area contributed by atoms with Crippen LogP contribution in [-0.4, -0.2) is 40.9 Å². The number of pyridine rings is 1. The number of aryl methyl sites for hydroxylation is 1. The van der Waals surface area contributed by atoms with E-state index >= 15 is 0 Å². The van der Waals surface area contributed by atoms with Crippen molar-refractivity contribution in [3.63, 3.8) is 0 Å². The molecule has 1 N–H and O–H groups in total. The molecule has 5 aromatic rings. The van der Waals surface area contributed by atoms with Crippen molar-refractivity contribution in [1.82, 2.24) is 9.97 Å². The number of halogens is 1. The highest BCUT2D eigenvalue weighted by Crippen LogP contribution is 2.44. The van der Waals surface area contributed by atoms with E-state index < -0.39 is 17.7 Å².